The van der Waals surface area contributed by atoms with Crippen molar-refractivity contribution in [3.63, 3.8) is 0 Å². The predicted octanol–water partition coefficient (Wildman–Crippen LogP) is 5.87. The van der Waals surface area contributed by atoms with Crippen LogP contribution in [0.1, 0.15) is 54.9 Å². The highest BCUT2D eigenvalue weighted by Gasteiger charge is 2.20. The van der Waals surface area contributed by atoms with Gasteiger partial charge in [-0.05, 0) is 79.3 Å². The molecule has 0 bridgehead atoms. The molecule has 3 rings (SSSR count). The van der Waals surface area contributed by atoms with Gasteiger partial charge in [0.1, 0.15) is 5.75 Å². The van der Waals surface area contributed by atoms with E-state index < -0.39 is 0 Å². The monoisotopic (exact) mass is 320 g/mol. The van der Waals surface area contributed by atoms with E-state index in [1.807, 2.05) is 6.92 Å². The smallest absolute Gasteiger partial charge is 0.119 e. The van der Waals surface area contributed by atoms with E-state index in [0.717, 1.165) is 38.0 Å². The van der Waals surface area contributed by atoms with Gasteiger partial charge in [-0.25, -0.2) is 0 Å². The van der Waals surface area contributed by atoms with E-state index in [2.05, 4.69) is 61.5 Å². The predicted molar refractivity (Wildman–Crippen MR) is 102 cm³/mol. The molecule has 0 aliphatic heterocycles. The third-order valence-corrected chi connectivity index (χ3v) is 5.05. The number of hydrogen-bond donors (Lipinski definition) is 0. The number of rotatable bonds is 6. The minimum absolute atomic E-state index is 0.657. The zero-order chi connectivity index (χ0) is 16.8. The van der Waals surface area contributed by atoms with Crippen molar-refractivity contribution >= 4 is 0 Å². The molecule has 0 aromatic heterocycles. The Balaban J connectivity index is 1.65. The highest BCUT2D eigenvalue weighted by molar-refractivity contribution is 5.40. The fourth-order valence-corrected chi connectivity index (χ4v) is 3.54. The molecule has 1 aliphatic rings. The van der Waals surface area contributed by atoms with Gasteiger partial charge in [-0.1, -0.05) is 49.4 Å². The molecular formula is C23H28O. The van der Waals surface area contributed by atoms with Crippen molar-refractivity contribution in [3.05, 3.63) is 76.9 Å². The third kappa shape index (κ3) is 4.08. The average Bonchev–Trinajstić information content (AvgIpc) is 2.65. The molecule has 0 spiro atoms. The summed E-state index contributed by atoms with van der Waals surface area (Å²) in [7, 11) is 0. The molecule has 126 valence electrons. The summed E-state index contributed by atoms with van der Waals surface area (Å²) >= 11 is 0. The second-order valence-electron chi connectivity index (χ2n) is 6.67. The Labute approximate surface area is 146 Å². The molecule has 1 nitrogen and oxygen atoms in total. The Kier molecular flexibility index (Phi) is 5.74. The van der Waals surface area contributed by atoms with E-state index in [0.29, 0.717) is 5.92 Å². The SMILES string of the molecule is CC=CCCOc1ccc2c(c1)CCC(c1ccc(CC)cc1)C2. The molecule has 1 atom stereocenters. The summed E-state index contributed by atoms with van der Waals surface area (Å²) in [4.78, 5) is 0. The number of fused-ring (bicyclic) bond motifs is 1. The second kappa shape index (κ2) is 8.19. The molecule has 0 heterocycles. The Morgan fingerprint density at radius 3 is 2.67 bits per heavy atom. The van der Waals surface area contributed by atoms with Crippen molar-refractivity contribution in [1.82, 2.24) is 0 Å². The van der Waals surface area contributed by atoms with Crippen molar-refractivity contribution in [2.24, 2.45) is 0 Å². The van der Waals surface area contributed by atoms with Gasteiger partial charge >= 0.3 is 0 Å². The number of allylic oxidation sites excluding steroid dienone is 1. The first-order chi connectivity index (χ1) is 11.8. The van der Waals surface area contributed by atoms with Crippen LogP contribution in [0.25, 0.3) is 0 Å². The summed E-state index contributed by atoms with van der Waals surface area (Å²) in [6.45, 7) is 5.02. The minimum Gasteiger partial charge on any atom is -0.493 e. The third-order valence-electron chi connectivity index (χ3n) is 5.05. The zero-order valence-corrected chi connectivity index (χ0v) is 14.9. The lowest BCUT2D eigenvalue weighted by atomic mass is 9.80. The van der Waals surface area contributed by atoms with Gasteiger partial charge in [0, 0.05) is 0 Å². The fourth-order valence-electron chi connectivity index (χ4n) is 3.54. The Bertz CT molecular complexity index is 682. The molecule has 24 heavy (non-hydrogen) atoms. The van der Waals surface area contributed by atoms with Crippen molar-refractivity contribution in [1.29, 1.82) is 0 Å². The summed E-state index contributed by atoms with van der Waals surface area (Å²) < 4.78 is 5.86. The van der Waals surface area contributed by atoms with E-state index in [1.165, 1.54) is 28.7 Å². The Hall–Kier alpha value is -2.02. The van der Waals surface area contributed by atoms with Crippen molar-refractivity contribution in [2.45, 2.75) is 51.9 Å². The molecule has 2 aromatic rings. The maximum Gasteiger partial charge on any atom is 0.119 e. The van der Waals surface area contributed by atoms with Gasteiger partial charge in [0.05, 0.1) is 6.61 Å². The largest absolute Gasteiger partial charge is 0.493 e. The van der Waals surface area contributed by atoms with Gasteiger partial charge in [-0.3, -0.25) is 0 Å². The quantitative estimate of drug-likeness (QED) is 0.478. The molecular weight excluding hydrogens is 292 g/mol. The van der Waals surface area contributed by atoms with Crippen molar-refractivity contribution in [3.8, 4) is 5.75 Å². The Morgan fingerprint density at radius 1 is 1.08 bits per heavy atom. The summed E-state index contributed by atoms with van der Waals surface area (Å²) in [6, 6.07) is 15.9. The lowest BCUT2D eigenvalue weighted by Crippen LogP contribution is -2.13. The summed E-state index contributed by atoms with van der Waals surface area (Å²) in [5.74, 6) is 1.67. The van der Waals surface area contributed by atoms with Crippen LogP contribution in [0.15, 0.2) is 54.6 Å². The lowest BCUT2D eigenvalue weighted by molar-refractivity contribution is 0.324. The van der Waals surface area contributed by atoms with Crippen LogP contribution in [-0.2, 0) is 19.3 Å². The minimum atomic E-state index is 0.657. The summed E-state index contributed by atoms with van der Waals surface area (Å²) in [5, 5.41) is 0. The summed E-state index contributed by atoms with van der Waals surface area (Å²) in [5.41, 5.74) is 5.88. The molecule has 0 saturated heterocycles. The van der Waals surface area contributed by atoms with E-state index >= 15 is 0 Å². The van der Waals surface area contributed by atoms with Crippen LogP contribution in [-0.4, -0.2) is 6.61 Å². The molecule has 0 amide bonds. The molecule has 1 heteroatoms. The topological polar surface area (TPSA) is 9.23 Å². The molecule has 2 aromatic carbocycles. The van der Waals surface area contributed by atoms with Crippen LogP contribution in [0, 0.1) is 0 Å². The van der Waals surface area contributed by atoms with E-state index in [-0.39, 0.29) is 0 Å². The van der Waals surface area contributed by atoms with Crippen molar-refractivity contribution in [2.75, 3.05) is 6.61 Å². The van der Waals surface area contributed by atoms with Crippen LogP contribution in [0.5, 0.6) is 5.75 Å². The van der Waals surface area contributed by atoms with Gasteiger partial charge in [-0.15, -0.1) is 0 Å². The van der Waals surface area contributed by atoms with Gasteiger partial charge < -0.3 is 4.74 Å². The van der Waals surface area contributed by atoms with E-state index in [4.69, 9.17) is 4.74 Å². The first-order valence-electron chi connectivity index (χ1n) is 9.24. The van der Waals surface area contributed by atoms with Crippen LogP contribution < -0.4 is 4.74 Å². The molecule has 0 saturated carbocycles. The first kappa shape index (κ1) is 16.8. The van der Waals surface area contributed by atoms with Gasteiger partial charge in [0.25, 0.3) is 0 Å². The summed E-state index contributed by atoms with van der Waals surface area (Å²) in [6.07, 6.45) is 9.85. The van der Waals surface area contributed by atoms with Gasteiger partial charge in [-0.2, -0.15) is 0 Å². The number of benzene rings is 2. The van der Waals surface area contributed by atoms with Crippen LogP contribution >= 0.6 is 0 Å². The Morgan fingerprint density at radius 2 is 1.92 bits per heavy atom. The highest BCUT2D eigenvalue weighted by atomic mass is 16.5. The molecule has 0 fully saturated rings. The van der Waals surface area contributed by atoms with Crippen molar-refractivity contribution < 1.29 is 4.74 Å². The van der Waals surface area contributed by atoms with Gasteiger partial charge in [0.15, 0.2) is 0 Å². The number of hydrogen-bond acceptors (Lipinski definition) is 1. The lowest BCUT2D eigenvalue weighted by Gasteiger charge is -2.25. The first-order valence-corrected chi connectivity index (χ1v) is 9.24. The standard InChI is InChI=1S/C23H28O/c1-3-5-6-15-24-23-14-13-21-16-20(11-12-22(21)17-23)19-9-7-18(4-2)8-10-19/h3,5,7-10,13-14,17,20H,4,6,11-12,15-16H2,1-2H3. The highest BCUT2D eigenvalue weighted by Crippen LogP contribution is 2.34. The van der Waals surface area contributed by atoms with E-state index in [1.54, 1.807) is 0 Å². The zero-order valence-electron chi connectivity index (χ0n) is 14.9. The van der Waals surface area contributed by atoms with Crippen LogP contribution in [0.4, 0.5) is 0 Å². The average molecular weight is 320 g/mol. The maximum atomic E-state index is 5.86. The second-order valence-corrected chi connectivity index (χ2v) is 6.67. The van der Waals surface area contributed by atoms with E-state index in [9.17, 15) is 0 Å². The molecule has 0 radical (unpaired) electrons. The molecule has 0 N–H and O–H groups in total. The maximum absolute atomic E-state index is 5.86. The van der Waals surface area contributed by atoms with Crippen LogP contribution in [0.2, 0.25) is 0 Å². The van der Waals surface area contributed by atoms with Crippen LogP contribution in [0.3, 0.4) is 0 Å². The van der Waals surface area contributed by atoms with Gasteiger partial charge in [0.2, 0.25) is 0 Å². The normalized spacial score (nSPS) is 17.0. The number of aryl methyl sites for hydroxylation is 2. The fraction of sp³-hybridized carbons (Fsp3) is 0.391. The number of ether oxygens (including phenoxy) is 1. The molecule has 1 aliphatic carbocycles. The molecule has 1 unspecified atom stereocenters.